The third kappa shape index (κ3) is 3.33. The van der Waals surface area contributed by atoms with Gasteiger partial charge in [0.25, 0.3) is 0 Å². The van der Waals surface area contributed by atoms with E-state index in [0.29, 0.717) is 24.8 Å². The fourth-order valence-electron chi connectivity index (χ4n) is 5.97. The number of carbonyl (C=O) groups is 2. The Hall–Kier alpha value is -1.70. The maximum Gasteiger partial charge on any atom is 0.302 e. The minimum atomic E-state index is -1.47. The molecule has 0 aliphatic heterocycles. The summed E-state index contributed by atoms with van der Waals surface area (Å²) in [6.07, 6.45) is 2.60. The molecule has 0 saturated heterocycles. The average molecular weight is 408 g/mol. The number of rotatable bonds is 5. The van der Waals surface area contributed by atoms with Crippen molar-refractivity contribution in [2.24, 2.45) is 22.7 Å². The van der Waals surface area contributed by atoms with Gasteiger partial charge in [-0.1, -0.05) is 13.8 Å². The maximum absolute atomic E-state index is 12.7. The molecule has 1 aromatic rings. The molecular formula is C22H32O7. The van der Waals surface area contributed by atoms with Crippen LogP contribution in [-0.4, -0.2) is 45.4 Å². The standard InChI is InChI=1S/C22H32O7/c1-13-17(29-14(2)24)10-20(3)18(5-6-19(26)21(20,4)27)22(13,12-23)9-16(25)15-7-8-28-11-15/h7-8,11-13,16-19,25-27H,5-6,9-10H2,1-4H3/t13-,16-,17-,18+,19-,20-,21+,22+/m1/s1. The minimum absolute atomic E-state index is 0.112. The number of hydrogen-bond acceptors (Lipinski definition) is 7. The summed E-state index contributed by atoms with van der Waals surface area (Å²) in [6, 6.07) is 1.65. The summed E-state index contributed by atoms with van der Waals surface area (Å²) in [4.78, 5) is 24.5. The first kappa shape index (κ1) is 22.0. The smallest absolute Gasteiger partial charge is 0.302 e. The number of furan rings is 1. The van der Waals surface area contributed by atoms with E-state index in [1.807, 2.05) is 13.8 Å². The molecule has 2 saturated carbocycles. The van der Waals surface area contributed by atoms with Crippen LogP contribution in [0, 0.1) is 22.7 Å². The summed E-state index contributed by atoms with van der Waals surface area (Å²) < 4.78 is 10.7. The molecule has 162 valence electrons. The zero-order valence-corrected chi connectivity index (χ0v) is 17.5. The first-order chi connectivity index (χ1) is 13.5. The number of aliphatic hydroxyl groups is 3. The van der Waals surface area contributed by atoms with Crippen molar-refractivity contribution in [1.82, 2.24) is 0 Å². The van der Waals surface area contributed by atoms with E-state index in [0.717, 1.165) is 6.29 Å². The van der Waals surface area contributed by atoms with Gasteiger partial charge in [0.05, 0.1) is 30.3 Å². The highest BCUT2D eigenvalue weighted by molar-refractivity contribution is 5.67. The van der Waals surface area contributed by atoms with Gasteiger partial charge < -0.3 is 29.3 Å². The molecule has 2 aliphatic carbocycles. The lowest BCUT2D eigenvalue weighted by Gasteiger charge is -2.64. The molecule has 3 rings (SSSR count). The number of aldehydes is 1. The van der Waals surface area contributed by atoms with Gasteiger partial charge in [0, 0.05) is 29.2 Å². The zero-order valence-electron chi connectivity index (χ0n) is 17.5. The molecule has 0 bridgehead atoms. The molecule has 7 nitrogen and oxygen atoms in total. The number of carbonyl (C=O) groups excluding carboxylic acids is 2. The van der Waals surface area contributed by atoms with Crippen LogP contribution in [0.5, 0.6) is 0 Å². The average Bonchev–Trinajstić information content (AvgIpc) is 3.18. The molecule has 0 unspecified atom stereocenters. The lowest BCUT2D eigenvalue weighted by atomic mass is 9.42. The number of esters is 1. The number of aliphatic hydroxyl groups excluding tert-OH is 2. The first-order valence-corrected chi connectivity index (χ1v) is 10.2. The normalized spacial score (nSPS) is 43.3. The highest BCUT2D eigenvalue weighted by Crippen LogP contribution is 2.64. The Morgan fingerprint density at radius 2 is 2.10 bits per heavy atom. The fourth-order valence-corrected chi connectivity index (χ4v) is 5.97. The van der Waals surface area contributed by atoms with Crippen LogP contribution in [0.2, 0.25) is 0 Å². The van der Waals surface area contributed by atoms with Crippen molar-refractivity contribution in [3.8, 4) is 0 Å². The van der Waals surface area contributed by atoms with Crippen molar-refractivity contribution in [1.29, 1.82) is 0 Å². The van der Waals surface area contributed by atoms with Crippen molar-refractivity contribution in [3.05, 3.63) is 24.2 Å². The van der Waals surface area contributed by atoms with E-state index in [1.54, 1.807) is 13.0 Å². The van der Waals surface area contributed by atoms with Gasteiger partial charge in [-0.3, -0.25) is 4.79 Å². The maximum atomic E-state index is 12.7. The molecule has 1 aromatic heterocycles. The molecule has 0 aromatic carbocycles. The number of fused-ring (bicyclic) bond motifs is 1. The van der Waals surface area contributed by atoms with Gasteiger partial charge in [0.15, 0.2) is 0 Å². The molecule has 29 heavy (non-hydrogen) atoms. The lowest BCUT2D eigenvalue weighted by Crippen LogP contribution is -2.68. The molecule has 3 N–H and O–H groups in total. The Labute approximate surface area is 171 Å². The molecule has 0 spiro atoms. The van der Waals surface area contributed by atoms with Crippen molar-refractivity contribution >= 4 is 12.3 Å². The minimum Gasteiger partial charge on any atom is -0.472 e. The van der Waals surface area contributed by atoms with Gasteiger partial charge in [-0.15, -0.1) is 0 Å². The Kier molecular flexibility index (Phi) is 5.71. The first-order valence-electron chi connectivity index (χ1n) is 10.2. The molecule has 0 radical (unpaired) electrons. The van der Waals surface area contributed by atoms with Crippen molar-refractivity contribution in [3.63, 3.8) is 0 Å². The van der Waals surface area contributed by atoms with Crippen LogP contribution < -0.4 is 0 Å². The third-order valence-corrected chi connectivity index (χ3v) is 7.99. The fraction of sp³-hybridized carbons (Fsp3) is 0.727. The summed E-state index contributed by atoms with van der Waals surface area (Å²) in [5.74, 6) is -1.13. The van der Waals surface area contributed by atoms with Gasteiger partial charge in [-0.25, -0.2) is 0 Å². The molecule has 2 fully saturated rings. The zero-order chi connectivity index (χ0) is 21.6. The quantitative estimate of drug-likeness (QED) is 0.506. The summed E-state index contributed by atoms with van der Waals surface area (Å²) in [5.41, 5.74) is -2.83. The van der Waals surface area contributed by atoms with E-state index in [9.17, 15) is 24.9 Å². The topological polar surface area (TPSA) is 117 Å². The third-order valence-electron chi connectivity index (χ3n) is 7.99. The summed E-state index contributed by atoms with van der Waals surface area (Å²) in [6.45, 7) is 6.62. The monoisotopic (exact) mass is 408 g/mol. The second kappa shape index (κ2) is 7.52. The molecular weight excluding hydrogens is 376 g/mol. The Bertz CT molecular complexity index is 742. The summed E-state index contributed by atoms with van der Waals surface area (Å²) in [7, 11) is 0. The number of ether oxygens (including phenoxy) is 1. The molecule has 0 amide bonds. The van der Waals surface area contributed by atoms with E-state index in [-0.39, 0.29) is 18.3 Å². The van der Waals surface area contributed by atoms with E-state index in [2.05, 4.69) is 0 Å². The Morgan fingerprint density at radius 3 is 2.66 bits per heavy atom. The predicted octanol–water partition coefficient (Wildman–Crippen LogP) is 2.39. The van der Waals surface area contributed by atoms with Crippen LogP contribution in [0.15, 0.2) is 23.0 Å². The van der Waals surface area contributed by atoms with Crippen LogP contribution in [0.4, 0.5) is 0 Å². The molecule has 8 atom stereocenters. The predicted molar refractivity (Wildman–Crippen MR) is 104 cm³/mol. The summed E-state index contributed by atoms with van der Waals surface area (Å²) in [5, 5.41) is 32.7. The van der Waals surface area contributed by atoms with Crippen LogP contribution in [0.1, 0.15) is 65.0 Å². The Morgan fingerprint density at radius 1 is 1.41 bits per heavy atom. The van der Waals surface area contributed by atoms with E-state index in [1.165, 1.54) is 19.5 Å². The lowest BCUT2D eigenvalue weighted by molar-refractivity contribution is -0.256. The van der Waals surface area contributed by atoms with E-state index < -0.39 is 40.7 Å². The van der Waals surface area contributed by atoms with Crippen LogP contribution in [0.25, 0.3) is 0 Å². The second-order valence-electron chi connectivity index (χ2n) is 9.36. The van der Waals surface area contributed by atoms with Gasteiger partial charge in [-0.05, 0) is 44.6 Å². The highest BCUT2D eigenvalue weighted by atomic mass is 16.5. The van der Waals surface area contributed by atoms with Crippen molar-refractivity contribution < 1.29 is 34.1 Å². The molecule has 2 aliphatic rings. The van der Waals surface area contributed by atoms with Crippen molar-refractivity contribution in [2.45, 2.75) is 77.3 Å². The van der Waals surface area contributed by atoms with Crippen LogP contribution in [-0.2, 0) is 14.3 Å². The second-order valence-corrected chi connectivity index (χ2v) is 9.36. The van der Waals surface area contributed by atoms with E-state index in [4.69, 9.17) is 9.15 Å². The molecule has 7 heteroatoms. The largest absolute Gasteiger partial charge is 0.472 e. The van der Waals surface area contributed by atoms with E-state index >= 15 is 0 Å². The van der Waals surface area contributed by atoms with Gasteiger partial charge in [-0.2, -0.15) is 0 Å². The number of hydrogen-bond donors (Lipinski definition) is 3. The van der Waals surface area contributed by atoms with Gasteiger partial charge in [0.2, 0.25) is 0 Å². The van der Waals surface area contributed by atoms with Gasteiger partial charge >= 0.3 is 5.97 Å². The molecule has 1 heterocycles. The van der Waals surface area contributed by atoms with Crippen molar-refractivity contribution in [2.75, 3.05) is 0 Å². The van der Waals surface area contributed by atoms with Crippen LogP contribution >= 0.6 is 0 Å². The van der Waals surface area contributed by atoms with Crippen LogP contribution in [0.3, 0.4) is 0 Å². The van der Waals surface area contributed by atoms with Gasteiger partial charge in [0.1, 0.15) is 12.4 Å². The Balaban J connectivity index is 2.09. The summed E-state index contributed by atoms with van der Waals surface area (Å²) >= 11 is 0. The highest BCUT2D eigenvalue weighted by Gasteiger charge is 2.67. The SMILES string of the molecule is CC(=O)O[C@@H]1C[C@]2(C)[C@H](CC[C@@H](O)[C@]2(C)O)[C@](C=O)(C[C@@H](O)c2ccoc2)[C@@H]1C.